The molecule has 0 aromatic heterocycles. The molecule has 0 radical (unpaired) electrons. The van der Waals surface area contributed by atoms with Crippen molar-refractivity contribution in [3.8, 4) is 0 Å². The maximum absolute atomic E-state index is 11.1. The Balaban J connectivity index is 3.17. The number of carbonyl (C=O) groups excluding carboxylic acids is 1. The van der Waals surface area contributed by atoms with Crippen molar-refractivity contribution in [3.05, 3.63) is 11.6 Å². The second-order valence-corrected chi connectivity index (χ2v) is 5.53. The summed E-state index contributed by atoms with van der Waals surface area (Å²) >= 11 is 0. The Morgan fingerprint density at radius 3 is 2.44 bits per heavy atom. The smallest absolute Gasteiger partial charge is 0.303 e. The molecule has 16 heavy (non-hydrogen) atoms. The van der Waals surface area contributed by atoms with Gasteiger partial charge in [0.1, 0.15) is 6.10 Å². The van der Waals surface area contributed by atoms with Gasteiger partial charge in [-0.3, -0.25) is 4.79 Å². The summed E-state index contributed by atoms with van der Waals surface area (Å²) < 4.78 is 27.3. The summed E-state index contributed by atoms with van der Waals surface area (Å²) in [7, 11) is -2.22. The molecule has 0 N–H and O–H groups in total. The van der Waals surface area contributed by atoms with Gasteiger partial charge in [-0.2, -0.15) is 8.42 Å². The highest BCUT2D eigenvalue weighted by molar-refractivity contribution is 7.73. The van der Waals surface area contributed by atoms with E-state index in [0.717, 1.165) is 0 Å². The van der Waals surface area contributed by atoms with Crippen molar-refractivity contribution in [2.45, 2.75) is 40.2 Å². The van der Waals surface area contributed by atoms with Gasteiger partial charge in [-0.05, 0) is 25.0 Å². The Kier molecular flexibility index (Phi) is 3.57. The molecule has 0 amide bonds. The number of carbonyl (C=O) groups is 1. The third-order valence-electron chi connectivity index (χ3n) is 2.60. The van der Waals surface area contributed by atoms with E-state index in [1.807, 2.05) is 13.8 Å². The van der Waals surface area contributed by atoms with Gasteiger partial charge in [0.2, 0.25) is 10.3 Å². The lowest BCUT2D eigenvalue weighted by atomic mass is 9.76. The van der Waals surface area contributed by atoms with Crippen LogP contribution in [0.25, 0.3) is 0 Å². The minimum Gasteiger partial charge on any atom is -0.458 e. The molecule has 1 atom stereocenters. The van der Waals surface area contributed by atoms with Gasteiger partial charge in [0.25, 0.3) is 0 Å². The largest absolute Gasteiger partial charge is 0.458 e. The van der Waals surface area contributed by atoms with Crippen LogP contribution in [0.1, 0.15) is 34.1 Å². The molecule has 0 aromatic rings. The lowest BCUT2D eigenvalue weighted by Gasteiger charge is -2.33. The van der Waals surface area contributed by atoms with Crippen LogP contribution >= 0.6 is 0 Å². The summed E-state index contributed by atoms with van der Waals surface area (Å²) in [5.74, 6) is -0.350. The molecular formula is C11H16O4S. The van der Waals surface area contributed by atoms with Crippen LogP contribution in [-0.4, -0.2) is 25.4 Å². The van der Waals surface area contributed by atoms with Gasteiger partial charge in [-0.25, -0.2) is 0 Å². The third-order valence-corrected chi connectivity index (χ3v) is 3.81. The minimum atomic E-state index is -2.22. The number of ether oxygens (including phenoxy) is 1. The van der Waals surface area contributed by atoms with E-state index in [1.165, 1.54) is 6.92 Å². The Labute approximate surface area is 96.8 Å². The molecule has 90 valence electrons. The molecule has 0 saturated carbocycles. The fraction of sp³-hybridized carbons (Fsp3) is 0.636. The number of hydrogen-bond donors (Lipinski definition) is 0. The first-order chi connectivity index (χ1) is 7.24. The lowest BCUT2D eigenvalue weighted by Crippen LogP contribution is -2.36. The fourth-order valence-corrected chi connectivity index (χ4v) is 3.05. The zero-order valence-electron chi connectivity index (χ0n) is 9.90. The lowest BCUT2D eigenvalue weighted by molar-refractivity contribution is -0.145. The van der Waals surface area contributed by atoms with Crippen molar-refractivity contribution in [3.63, 3.8) is 0 Å². The van der Waals surface area contributed by atoms with Crippen LogP contribution in [0.4, 0.5) is 0 Å². The molecule has 0 aliphatic heterocycles. The standard InChI is InChI=1S/C11H16O4S/c1-7-5-9(15-8(2)12)6-11(3,4)10(7)16(13)14/h5,9H,6H2,1-4H3. The first kappa shape index (κ1) is 13.0. The monoisotopic (exact) mass is 244 g/mol. The van der Waals surface area contributed by atoms with E-state index in [2.05, 4.69) is 0 Å². The molecule has 0 aromatic carbocycles. The van der Waals surface area contributed by atoms with Crippen molar-refractivity contribution in [2.24, 2.45) is 5.41 Å². The average molecular weight is 244 g/mol. The van der Waals surface area contributed by atoms with Crippen molar-refractivity contribution in [2.75, 3.05) is 0 Å². The zero-order chi connectivity index (χ0) is 12.5. The molecule has 0 saturated heterocycles. The third kappa shape index (κ3) is 2.72. The molecule has 0 bridgehead atoms. The summed E-state index contributed by atoms with van der Waals surface area (Å²) in [4.78, 5) is 11.3. The predicted molar refractivity (Wildman–Crippen MR) is 61.6 cm³/mol. The van der Waals surface area contributed by atoms with Gasteiger partial charge in [0, 0.05) is 12.3 Å². The van der Waals surface area contributed by atoms with Gasteiger partial charge in [0.05, 0.1) is 4.86 Å². The maximum atomic E-state index is 11.1. The van der Waals surface area contributed by atoms with Gasteiger partial charge in [0.15, 0.2) is 0 Å². The molecule has 1 unspecified atom stereocenters. The Hall–Kier alpha value is -1.10. The molecule has 4 nitrogen and oxygen atoms in total. The van der Waals surface area contributed by atoms with Crippen LogP contribution in [0.5, 0.6) is 0 Å². The normalized spacial score (nSPS) is 23.6. The number of hydrogen-bond acceptors (Lipinski definition) is 4. The van der Waals surface area contributed by atoms with Gasteiger partial charge in [-0.15, -0.1) is 0 Å². The number of rotatable bonds is 1. The first-order valence-electron chi connectivity index (χ1n) is 5.07. The van der Waals surface area contributed by atoms with E-state index >= 15 is 0 Å². The van der Waals surface area contributed by atoms with Crippen LogP contribution in [0.3, 0.4) is 0 Å². The molecule has 0 heterocycles. The molecule has 1 aliphatic rings. The summed E-state index contributed by atoms with van der Waals surface area (Å²) in [6.45, 7) is 6.75. The van der Waals surface area contributed by atoms with Gasteiger partial charge >= 0.3 is 5.97 Å². The minimum absolute atomic E-state index is 0.334. The highest BCUT2D eigenvalue weighted by atomic mass is 32.2. The van der Waals surface area contributed by atoms with Crippen LogP contribution in [0, 0.1) is 5.41 Å². The van der Waals surface area contributed by atoms with E-state index < -0.39 is 15.7 Å². The van der Waals surface area contributed by atoms with E-state index in [0.29, 0.717) is 16.9 Å². The Morgan fingerprint density at radius 2 is 2.06 bits per heavy atom. The van der Waals surface area contributed by atoms with Crippen LogP contribution in [0.15, 0.2) is 11.6 Å². The average Bonchev–Trinajstić information content (AvgIpc) is 1.96. The molecule has 1 rings (SSSR count). The van der Waals surface area contributed by atoms with Crippen molar-refractivity contribution in [1.82, 2.24) is 0 Å². The van der Waals surface area contributed by atoms with Gasteiger partial charge in [-0.1, -0.05) is 13.8 Å². The van der Waals surface area contributed by atoms with Crippen molar-refractivity contribution < 1.29 is 17.9 Å². The fourth-order valence-electron chi connectivity index (χ4n) is 2.19. The predicted octanol–water partition coefficient (Wildman–Crippen LogP) is 1.35. The topological polar surface area (TPSA) is 60.4 Å². The van der Waals surface area contributed by atoms with E-state index in [4.69, 9.17) is 4.74 Å². The van der Waals surface area contributed by atoms with E-state index in [-0.39, 0.29) is 12.1 Å². The summed E-state index contributed by atoms with van der Waals surface area (Å²) in [5, 5.41) is 0. The Morgan fingerprint density at radius 1 is 1.50 bits per heavy atom. The van der Waals surface area contributed by atoms with Crippen molar-refractivity contribution >= 4 is 21.1 Å². The molecule has 1 aliphatic carbocycles. The zero-order valence-corrected chi connectivity index (χ0v) is 10.7. The summed E-state index contributed by atoms with van der Waals surface area (Å²) in [5.41, 5.74) is 0.168. The van der Waals surface area contributed by atoms with Crippen molar-refractivity contribution in [1.29, 1.82) is 0 Å². The first-order valence-corrected chi connectivity index (χ1v) is 6.14. The Bertz CT molecular complexity index is 460. The molecule has 5 heteroatoms. The molecular weight excluding hydrogens is 228 g/mol. The van der Waals surface area contributed by atoms with Crippen LogP contribution in [-0.2, 0) is 19.8 Å². The highest BCUT2D eigenvalue weighted by Gasteiger charge is 2.35. The number of esters is 1. The second-order valence-electron chi connectivity index (χ2n) is 4.65. The SMILES string of the molecule is CC(=O)OC1C=C(C)C(=S(=O)=O)C(C)(C)C1. The number of allylic oxidation sites excluding steroid dienone is 1. The van der Waals surface area contributed by atoms with Crippen LogP contribution in [0.2, 0.25) is 0 Å². The summed E-state index contributed by atoms with van der Waals surface area (Å²) in [6.07, 6.45) is 1.85. The quantitative estimate of drug-likeness (QED) is 0.516. The van der Waals surface area contributed by atoms with E-state index in [9.17, 15) is 13.2 Å². The van der Waals surface area contributed by atoms with E-state index in [1.54, 1.807) is 13.0 Å². The molecule has 0 fully saturated rings. The van der Waals surface area contributed by atoms with Crippen LogP contribution < -0.4 is 0 Å². The van der Waals surface area contributed by atoms with Gasteiger partial charge < -0.3 is 4.74 Å². The summed E-state index contributed by atoms with van der Waals surface area (Å²) in [6, 6.07) is 0. The second kappa shape index (κ2) is 4.41. The molecule has 0 spiro atoms. The maximum Gasteiger partial charge on any atom is 0.303 e. The highest BCUT2D eigenvalue weighted by Crippen LogP contribution is 2.33.